The van der Waals surface area contributed by atoms with Crippen molar-refractivity contribution in [2.75, 3.05) is 11.4 Å². The summed E-state index contributed by atoms with van der Waals surface area (Å²) in [7, 11) is 0. The maximum absolute atomic E-state index is 11.7. The molecule has 1 aromatic rings. The van der Waals surface area contributed by atoms with Crippen molar-refractivity contribution in [2.24, 2.45) is 0 Å². The number of nitrogens with one attached hydrogen (secondary N) is 1. The second-order valence-corrected chi connectivity index (χ2v) is 4.83. The molecule has 2 aliphatic heterocycles. The number of nitriles is 1. The first-order valence-electron chi connectivity index (χ1n) is 6.19. The van der Waals surface area contributed by atoms with Crippen molar-refractivity contribution in [1.29, 1.82) is 5.26 Å². The molecule has 1 saturated heterocycles. The molecule has 0 saturated carbocycles. The summed E-state index contributed by atoms with van der Waals surface area (Å²) >= 11 is 0. The molecule has 1 atom stereocenters. The average molecular weight is 242 g/mol. The topological polar surface area (TPSA) is 69.0 Å². The molecule has 5 heteroatoms. The van der Waals surface area contributed by atoms with Crippen LogP contribution in [-0.2, 0) is 6.54 Å². The maximum Gasteiger partial charge on any atom is 0.252 e. The van der Waals surface area contributed by atoms with E-state index < -0.39 is 0 Å². The Balaban J connectivity index is 2.10. The molecule has 1 aromatic heterocycles. The van der Waals surface area contributed by atoms with E-state index in [2.05, 4.69) is 28.2 Å². The number of hydrogen-bond acceptors (Lipinski definition) is 4. The molecule has 18 heavy (non-hydrogen) atoms. The van der Waals surface area contributed by atoms with Gasteiger partial charge in [0.2, 0.25) is 0 Å². The normalized spacial score (nSPS) is 21.7. The first-order chi connectivity index (χ1) is 8.70. The molecule has 0 bridgehead atoms. The largest absolute Gasteiger partial charge is 0.354 e. The number of rotatable bonds is 1. The summed E-state index contributed by atoms with van der Waals surface area (Å²) in [4.78, 5) is 18.3. The van der Waals surface area contributed by atoms with E-state index in [0.717, 1.165) is 30.8 Å². The molecule has 0 aromatic carbocycles. The minimum atomic E-state index is -0.1000. The third kappa shape index (κ3) is 1.53. The first-order valence-corrected chi connectivity index (χ1v) is 6.19. The fourth-order valence-corrected chi connectivity index (χ4v) is 2.72. The van der Waals surface area contributed by atoms with Crippen molar-refractivity contribution in [1.82, 2.24) is 10.3 Å². The number of nitrogens with zero attached hydrogens (tertiary/aromatic N) is 3. The maximum atomic E-state index is 11.7. The van der Waals surface area contributed by atoms with E-state index in [4.69, 9.17) is 5.26 Å². The zero-order chi connectivity index (χ0) is 12.7. The van der Waals surface area contributed by atoms with Crippen molar-refractivity contribution in [2.45, 2.75) is 32.4 Å². The Labute approximate surface area is 105 Å². The molecule has 92 valence electrons. The summed E-state index contributed by atoms with van der Waals surface area (Å²) < 4.78 is 0. The number of fused-ring (bicyclic) bond motifs is 1. The number of anilines is 1. The molecule has 1 N–H and O–H groups in total. The monoisotopic (exact) mass is 242 g/mol. The molecule has 5 nitrogen and oxygen atoms in total. The zero-order valence-corrected chi connectivity index (χ0v) is 10.2. The highest BCUT2D eigenvalue weighted by molar-refractivity contribution is 5.99. The number of pyridine rings is 1. The van der Waals surface area contributed by atoms with Gasteiger partial charge in [-0.3, -0.25) is 4.79 Å². The standard InChI is InChI=1S/C13H14N4O/c1-8-3-2-4-17(8)12-5-9-10(7-15-13(9)18)11(6-14)16-12/h5,8H,2-4,7H2,1H3,(H,15,18)/t8-/m1/s1. The Morgan fingerprint density at radius 3 is 3.11 bits per heavy atom. The third-order valence-electron chi connectivity index (χ3n) is 3.73. The first kappa shape index (κ1) is 11.0. The van der Waals surface area contributed by atoms with E-state index in [-0.39, 0.29) is 5.91 Å². The van der Waals surface area contributed by atoms with Gasteiger partial charge >= 0.3 is 0 Å². The van der Waals surface area contributed by atoms with Crippen LogP contribution >= 0.6 is 0 Å². The highest BCUT2D eigenvalue weighted by Crippen LogP contribution is 2.28. The Morgan fingerprint density at radius 1 is 1.61 bits per heavy atom. The van der Waals surface area contributed by atoms with Crippen molar-refractivity contribution in [3.05, 3.63) is 22.9 Å². The molecule has 1 amide bonds. The number of amides is 1. The van der Waals surface area contributed by atoms with E-state index >= 15 is 0 Å². The zero-order valence-electron chi connectivity index (χ0n) is 10.2. The summed E-state index contributed by atoms with van der Waals surface area (Å²) in [6, 6.07) is 4.34. The van der Waals surface area contributed by atoms with E-state index in [1.165, 1.54) is 0 Å². The molecule has 0 spiro atoms. The van der Waals surface area contributed by atoms with Crippen molar-refractivity contribution in [3.8, 4) is 6.07 Å². The van der Waals surface area contributed by atoms with Crippen LogP contribution in [0, 0.1) is 11.3 Å². The Hall–Kier alpha value is -2.09. The van der Waals surface area contributed by atoms with Crippen molar-refractivity contribution in [3.63, 3.8) is 0 Å². The quantitative estimate of drug-likeness (QED) is 0.803. The fraction of sp³-hybridized carbons (Fsp3) is 0.462. The number of aromatic nitrogens is 1. The van der Waals surface area contributed by atoms with Crippen LogP contribution < -0.4 is 10.2 Å². The lowest BCUT2D eigenvalue weighted by Crippen LogP contribution is -2.27. The SMILES string of the molecule is C[C@@H]1CCCN1c1cc2c(c(C#N)n1)CNC2=O. The van der Waals surface area contributed by atoms with Gasteiger partial charge in [0.05, 0.1) is 5.56 Å². The van der Waals surface area contributed by atoms with Crippen LogP contribution in [0.4, 0.5) is 5.82 Å². The second kappa shape index (κ2) is 3.98. The Morgan fingerprint density at radius 2 is 2.44 bits per heavy atom. The Kier molecular flexibility index (Phi) is 2.44. The lowest BCUT2D eigenvalue weighted by molar-refractivity contribution is 0.0965. The predicted molar refractivity (Wildman–Crippen MR) is 66.2 cm³/mol. The summed E-state index contributed by atoms with van der Waals surface area (Å²) in [5.41, 5.74) is 1.72. The van der Waals surface area contributed by atoms with Gasteiger partial charge in [-0.15, -0.1) is 0 Å². The van der Waals surface area contributed by atoms with Gasteiger partial charge in [-0.05, 0) is 25.8 Å². The Bertz CT molecular complexity index is 561. The van der Waals surface area contributed by atoms with Crippen LogP contribution in [0.2, 0.25) is 0 Å². The van der Waals surface area contributed by atoms with Crippen LogP contribution in [0.25, 0.3) is 0 Å². The summed E-state index contributed by atoms with van der Waals surface area (Å²) in [6.45, 7) is 3.51. The lowest BCUT2D eigenvalue weighted by atomic mass is 10.1. The third-order valence-corrected chi connectivity index (χ3v) is 3.73. The summed E-state index contributed by atoms with van der Waals surface area (Å²) in [6.07, 6.45) is 2.26. The van der Waals surface area contributed by atoms with Crippen LogP contribution in [0.5, 0.6) is 0 Å². The molecular formula is C13H14N4O. The smallest absolute Gasteiger partial charge is 0.252 e. The van der Waals surface area contributed by atoms with Crippen LogP contribution in [0.1, 0.15) is 41.4 Å². The van der Waals surface area contributed by atoms with Gasteiger partial charge in [-0.25, -0.2) is 4.98 Å². The van der Waals surface area contributed by atoms with Crippen LogP contribution in [0.3, 0.4) is 0 Å². The molecule has 2 aliphatic rings. The van der Waals surface area contributed by atoms with Crippen LogP contribution in [0.15, 0.2) is 6.07 Å². The molecule has 0 unspecified atom stereocenters. The number of hydrogen-bond donors (Lipinski definition) is 1. The van der Waals surface area contributed by atoms with Gasteiger partial charge in [-0.1, -0.05) is 0 Å². The molecule has 0 radical (unpaired) electrons. The predicted octanol–water partition coefficient (Wildman–Crippen LogP) is 1.19. The molecule has 0 aliphatic carbocycles. The minimum absolute atomic E-state index is 0.1000. The van der Waals surface area contributed by atoms with E-state index in [1.54, 1.807) is 0 Å². The van der Waals surface area contributed by atoms with Crippen LogP contribution in [-0.4, -0.2) is 23.5 Å². The fourth-order valence-electron chi connectivity index (χ4n) is 2.72. The molecule has 3 rings (SSSR count). The minimum Gasteiger partial charge on any atom is -0.354 e. The van der Waals surface area contributed by atoms with Gasteiger partial charge in [0.1, 0.15) is 17.6 Å². The van der Waals surface area contributed by atoms with E-state index in [9.17, 15) is 4.79 Å². The highest BCUT2D eigenvalue weighted by atomic mass is 16.1. The summed E-state index contributed by atoms with van der Waals surface area (Å²) in [5, 5.41) is 11.9. The van der Waals surface area contributed by atoms with Crippen molar-refractivity contribution >= 4 is 11.7 Å². The van der Waals surface area contributed by atoms with Gasteiger partial charge in [-0.2, -0.15) is 5.26 Å². The van der Waals surface area contributed by atoms with Gasteiger partial charge in [0, 0.05) is 24.7 Å². The molecule has 3 heterocycles. The van der Waals surface area contributed by atoms with E-state index in [1.807, 2.05) is 6.07 Å². The second-order valence-electron chi connectivity index (χ2n) is 4.83. The van der Waals surface area contributed by atoms with Gasteiger partial charge in [0.15, 0.2) is 0 Å². The van der Waals surface area contributed by atoms with Gasteiger partial charge in [0.25, 0.3) is 5.91 Å². The highest BCUT2D eigenvalue weighted by Gasteiger charge is 2.28. The van der Waals surface area contributed by atoms with Gasteiger partial charge < -0.3 is 10.2 Å². The lowest BCUT2D eigenvalue weighted by Gasteiger charge is -2.23. The average Bonchev–Trinajstić information content (AvgIpc) is 2.95. The summed E-state index contributed by atoms with van der Waals surface area (Å²) in [5.74, 6) is 0.657. The number of carbonyl (C=O) groups is 1. The number of carbonyl (C=O) groups excluding carboxylic acids is 1. The van der Waals surface area contributed by atoms with Crippen molar-refractivity contribution < 1.29 is 4.79 Å². The molecular weight excluding hydrogens is 228 g/mol. The van der Waals surface area contributed by atoms with E-state index in [0.29, 0.717) is 23.8 Å². The molecule has 1 fully saturated rings.